The molecule has 1 aromatic carbocycles. The van der Waals surface area contributed by atoms with Crippen LogP contribution >= 0.6 is 11.6 Å². The molecular weight excluding hydrogens is 368 g/mol. The number of Topliss-reactive ketones (excluding diaryl/α,β-unsaturated/α-hetero) is 1. The molecule has 6 nitrogen and oxygen atoms in total. The second-order valence-electron chi connectivity index (χ2n) is 5.99. The first-order valence-electron chi connectivity index (χ1n) is 8.21. The van der Waals surface area contributed by atoms with E-state index in [9.17, 15) is 14.4 Å². The number of pyridine rings is 1. The normalized spacial score (nSPS) is 10.6. The highest BCUT2D eigenvalue weighted by molar-refractivity contribution is 6.31. The van der Waals surface area contributed by atoms with E-state index < -0.39 is 18.5 Å². The largest absolute Gasteiger partial charge is 0.452 e. The molecule has 1 amide bonds. The third-order valence-electron chi connectivity index (χ3n) is 4.13. The quantitative estimate of drug-likeness (QED) is 0.534. The molecule has 0 saturated heterocycles. The Bertz CT molecular complexity index is 1060. The number of esters is 1. The molecule has 0 unspecified atom stereocenters. The van der Waals surface area contributed by atoms with Crippen molar-refractivity contribution in [2.24, 2.45) is 0 Å². The summed E-state index contributed by atoms with van der Waals surface area (Å²) in [7, 11) is 0. The zero-order valence-electron chi connectivity index (χ0n) is 14.8. The van der Waals surface area contributed by atoms with Crippen molar-refractivity contribution < 1.29 is 19.1 Å². The fourth-order valence-corrected chi connectivity index (χ4v) is 2.90. The molecule has 7 heteroatoms. The first-order valence-corrected chi connectivity index (χ1v) is 8.59. The number of nitrogens with zero attached hydrogens (tertiary/aromatic N) is 1. The standard InChI is InChI=1S/C20H17ClN2O4/c1-12-15(21)6-5-7-16(12)22-19(25)11-27-20(26)14-10-18(13(2)24)23-9-4-3-8-17(14)23/h3-10H,11H2,1-2H3,(H,22,25). The van der Waals surface area contributed by atoms with Crippen LogP contribution in [-0.2, 0) is 9.53 Å². The summed E-state index contributed by atoms with van der Waals surface area (Å²) in [6.07, 6.45) is 1.69. The molecular formula is C20H17ClN2O4. The van der Waals surface area contributed by atoms with Crippen molar-refractivity contribution in [1.82, 2.24) is 4.40 Å². The summed E-state index contributed by atoms with van der Waals surface area (Å²) in [6.45, 7) is 2.75. The Morgan fingerprint density at radius 2 is 1.93 bits per heavy atom. The highest BCUT2D eigenvalue weighted by atomic mass is 35.5. The maximum atomic E-state index is 12.4. The number of carbonyl (C=O) groups excluding carboxylic acids is 3. The number of carbonyl (C=O) groups is 3. The van der Waals surface area contributed by atoms with E-state index in [1.54, 1.807) is 53.9 Å². The summed E-state index contributed by atoms with van der Waals surface area (Å²) in [5, 5.41) is 3.19. The number of benzene rings is 1. The van der Waals surface area contributed by atoms with Crippen molar-refractivity contribution in [2.45, 2.75) is 13.8 Å². The van der Waals surface area contributed by atoms with Crippen LogP contribution in [0.2, 0.25) is 5.02 Å². The molecule has 138 valence electrons. The average Bonchev–Trinajstić information content (AvgIpc) is 3.04. The van der Waals surface area contributed by atoms with E-state index in [4.69, 9.17) is 16.3 Å². The lowest BCUT2D eigenvalue weighted by Crippen LogP contribution is -2.21. The number of nitrogens with one attached hydrogen (secondary N) is 1. The molecule has 0 atom stereocenters. The van der Waals surface area contributed by atoms with Crippen LogP contribution in [-0.4, -0.2) is 28.7 Å². The summed E-state index contributed by atoms with van der Waals surface area (Å²) >= 11 is 6.02. The van der Waals surface area contributed by atoms with Crippen LogP contribution in [0.4, 0.5) is 5.69 Å². The van der Waals surface area contributed by atoms with Gasteiger partial charge in [-0.3, -0.25) is 9.59 Å². The van der Waals surface area contributed by atoms with Crippen molar-refractivity contribution in [3.8, 4) is 0 Å². The highest BCUT2D eigenvalue weighted by Gasteiger charge is 2.19. The smallest absolute Gasteiger partial charge is 0.340 e. The molecule has 2 aromatic heterocycles. The van der Waals surface area contributed by atoms with Gasteiger partial charge in [-0.05, 0) is 42.8 Å². The molecule has 0 spiro atoms. The number of amides is 1. The number of hydrogen-bond donors (Lipinski definition) is 1. The summed E-state index contributed by atoms with van der Waals surface area (Å²) in [5.41, 5.74) is 2.42. The Morgan fingerprint density at radius 1 is 1.15 bits per heavy atom. The predicted octanol–water partition coefficient (Wildman–Crippen LogP) is 3.90. The summed E-state index contributed by atoms with van der Waals surface area (Å²) in [5.74, 6) is -1.34. The molecule has 1 N–H and O–H groups in total. The van der Waals surface area contributed by atoms with Crippen molar-refractivity contribution in [3.05, 3.63) is 70.5 Å². The number of hydrogen-bond acceptors (Lipinski definition) is 4. The number of ether oxygens (including phenoxy) is 1. The number of halogens is 1. The Balaban J connectivity index is 1.73. The lowest BCUT2D eigenvalue weighted by atomic mass is 10.2. The van der Waals surface area contributed by atoms with Gasteiger partial charge < -0.3 is 14.5 Å². The van der Waals surface area contributed by atoms with Gasteiger partial charge in [-0.2, -0.15) is 0 Å². The van der Waals surface area contributed by atoms with E-state index in [1.807, 2.05) is 0 Å². The van der Waals surface area contributed by atoms with Crippen LogP contribution in [0.25, 0.3) is 5.52 Å². The van der Waals surface area contributed by atoms with Crippen LogP contribution in [0.15, 0.2) is 48.7 Å². The van der Waals surface area contributed by atoms with Crippen molar-refractivity contribution in [2.75, 3.05) is 11.9 Å². The van der Waals surface area contributed by atoms with Crippen LogP contribution in [0.3, 0.4) is 0 Å². The van der Waals surface area contributed by atoms with E-state index in [-0.39, 0.29) is 11.3 Å². The maximum Gasteiger partial charge on any atom is 0.340 e. The van der Waals surface area contributed by atoms with Gasteiger partial charge in [0.05, 0.1) is 16.8 Å². The SMILES string of the molecule is CC(=O)c1cc(C(=O)OCC(=O)Nc2cccc(Cl)c2C)c2ccccn12. The minimum atomic E-state index is -0.677. The van der Waals surface area contributed by atoms with Gasteiger partial charge >= 0.3 is 5.97 Å². The van der Waals surface area contributed by atoms with E-state index in [0.29, 0.717) is 21.9 Å². The number of ketones is 1. The molecule has 3 aromatic rings. The van der Waals surface area contributed by atoms with Gasteiger partial charge in [0.25, 0.3) is 5.91 Å². The third kappa shape index (κ3) is 3.85. The van der Waals surface area contributed by atoms with Crippen molar-refractivity contribution >= 4 is 40.5 Å². The summed E-state index contributed by atoms with van der Waals surface area (Å²) < 4.78 is 6.74. The molecule has 0 fully saturated rings. The number of rotatable bonds is 5. The zero-order valence-corrected chi connectivity index (χ0v) is 15.5. The van der Waals surface area contributed by atoms with Gasteiger partial charge in [-0.25, -0.2) is 4.79 Å². The first-order chi connectivity index (χ1) is 12.9. The van der Waals surface area contributed by atoms with E-state index in [2.05, 4.69) is 5.32 Å². The Kier molecular flexibility index (Phi) is 5.28. The highest BCUT2D eigenvalue weighted by Crippen LogP contribution is 2.23. The van der Waals surface area contributed by atoms with Gasteiger partial charge in [0.2, 0.25) is 0 Å². The minimum absolute atomic E-state index is 0.176. The Hall–Kier alpha value is -3.12. The molecule has 2 heterocycles. The molecule has 3 rings (SSSR count). The lowest BCUT2D eigenvalue weighted by molar-refractivity contribution is -0.119. The van der Waals surface area contributed by atoms with Crippen LogP contribution in [0.1, 0.15) is 33.3 Å². The van der Waals surface area contributed by atoms with Gasteiger partial charge in [-0.15, -0.1) is 0 Å². The molecule has 0 aliphatic carbocycles. The monoisotopic (exact) mass is 384 g/mol. The van der Waals surface area contributed by atoms with Crippen molar-refractivity contribution in [1.29, 1.82) is 0 Å². The maximum absolute atomic E-state index is 12.4. The third-order valence-corrected chi connectivity index (χ3v) is 4.54. The van der Waals surface area contributed by atoms with E-state index in [0.717, 1.165) is 5.56 Å². The van der Waals surface area contributed by atoms with Crippen LogP contribution in [0.5, 0.6) is 0 Å². The number of anilines is 1. The molecule has 0 aliphatic rings. The number of fused-ring (bicyclic) bond motifs is 1. The fourth-order valence-electron chi connectivity index (χ4n) is 2.73. The predicted molar refractivity (Wildman–Crippen MR) is 103 cm³/mol. The topological polar surface area (TPSA) is 76.9 Å². The second-order valence-corrected chi connectivity index (χ2v) is 6.40. The zero-order chi connectivity index (χ0) is 19.6. The van der Waals surface area contributed by atoms with Crippen molar-refractivity contribution in [3.63, 3.8) is 0 Å². The average molecular weight is 385 g/mol. The summed E-state index contributed by atoms with van der Waals surface area (Å²) in [4.78, 5) is 36.3. The van der Waals surface area contributed by atoms with Gasteiger partial charge in [0.15, 0.2) is 12.4 Å². The van der Waals surface area contributed by atoms with Crippen LogP contribution < -0.4 is 5.32 Å². The first kappa shape index (κ1) is 18.7. The molecule has 0 radical (unpaired) electrons. The van der Waals surface area contributed by atoms with E-state index >= 15 is 0 Å². The van der Waals surface area contributed by atoms with Gasteiger partial charge in [0.1, 0.15) is 0 Å². The van der Waals surface area contributed by atoms with Gasteiger partial charge in [-0.1, -0.05) is 23.7 Å². The number of aromatic nitrogens is 1. The van der Waals surface area contributed by atoms with Gasteiger partial charge in [0, 0.05) is 23.8 Å². The molecule has 27 heavy (non-hydrogen) atoms. The molecule has 0 bridgehead atoms. The summed E-state index contributed by atoms with van der Waals surface area (Å²) in [6, 6.07) is 11.8. The minimum Gasteiger partial charge on any atom is -0.452 e. The molecule has 0 aliphatic heterocycles. The Labute approximate surface area is 160 Å². The second kappa shape index (κ2) is 7.63. The Morgan fingerprint density at radius 3 is 2.67 bits per heavy atom. The fraction of sp³-hybridized carbons (Fsp3) is 0.150. The molecule has 0 saturated carbocycles. The van der Waals surface area contributed by atoms with Crippen LogP contribution in [0, 0.1) is 6.92 Å². The lowest BCUT2D eigenvalue weighted by Gasteiger charge is -2.09. The van der Waals surface area contributed by atoms with E-state index in [1.165, 1.54) is 13.0 Å².